The van der Waals surface area contributed by atoms with Gasteiger partial charge in [-0.2, -0.15) is 0 Å². The van der Waals surface area contributed by atoms with Gasteiger partial charge in [0.05, 0.1) is 11.2 Å². The summed E-state index contributed by atoms with van der Waals surface area (Å²) in [5.74, 6) is 0. The molecule has 0 saturated heterocycles. The van der Waals surface area contributed by atoms with Crippen LogP contribution in [0.15, 0.2) is 30.0 Å². The highest BCUT2D eigenvalue weighted by molar-refractivity contribution is 7.09. The monoisotopic (exact) mass is 207 g/mol. The normalized spacial score (nSPS) is 10.4. The second kappa shape index (κ2) is 4.28. The molecule has 0 aliphatic rings. The number of aryl methyl sites for hydroxylation is 1. The number of nitrogens with one attached hydrogen (secondary N) is 1. The molecule has 0 amide bonds. The van der Waals surface area contributed by atoms with E-state index in [9.17, 15) is 0 Å². The first kappa shape index (κ1) is 9.27. The molecule has 3 nitrogen and oxygen atoms in total. The van der Waals surface area contributed by atoms with Crippen LogP contribution in [0.4, 0.5) is 0 Å². The standard InChI is InChI=1S/C10H13N3S/c1-9-10(14-8-11-9)4-5-12-13-6-2-3-7-13/h2-3,6-8,12H,4-5H2,1H3. The summed E-state index contributed by atoms with van der Waals surface area (Å²) in [6.07, 6.45) is 5.04. The number of aromatic nitrogens is 2. The first-order valence-corrected chi connectivity index (χ1v) is 5.50. The van der Waals surface area contributed by atoms with Gasteiger partial charge in [-0.3, -0.25) is 4.68 Å². The van der Waals surface area contributed by atoms with Crippen molar-refractivity contribution in [2.45, 2.75) is 13.3 Å². The van der Waals surface area contributed by atoms with Crippen LogP contribution in [-0.4, -0.2) is 16.2 Å². The molecular weight excluding hydrogens is 194 g/mol. The summed E-state index contributed by atoms with van der Waals surface area (Å²) in [4.78, 5) is 5.58. The minimum atomic E-state index is 0.942. The number of nitrogens with zero attached hydrogens (tertiary/aromatic N) is 2. The summed E-state index contributed by atoms with van der Waals surface area (Å²) in [5, 5.41) is 0. The van der Waals surface area contributed by atoms with E-state index in [0.717, 1.165) is 18.7 Å². The van der Waals surface area contributed by atoms with E-state index >= 15 is 0 Å². The second-order valence-corrected chi connectivity index (χ2v) is 4.05. The highest BCUT2D eigenvalue weighted by atomic mass is 32.1. The fourth-order valence-electron chi connectivity index (χ4n) is 1.30. The van der Waals surface area contributed by atoms with E-state index in [0.29, 0.717) is 0 Å². The Hall–Kier alpha value is -1.29. The molecule has 2 heterocycles. The van der Waals surface area contributed by atoms with Gasteiger partial charge in [-0.1, -0.05) is 0 Å². The highest BCUT2D eigenvalue weighted by Crippen LogP contribution is 2.11. The molecule has 2 aromatic heterocycles. The second-order valence-electron chi connectivity index (χ2n) is 3.11. The molecule has 0 atom stereocenters. The molecular formula is C10H13N3S. The van der Waals surface area contributed by atoms with Crippen LogP contribution >= 0.6 is 11.3 Å². The first-order chi connectivity index (χ1) is 6.86. The van der Waals surface area contributed by atoms with E-state index in [1.807, 2.05) is 34.7 Å². The lowest BCUT2D eigenvalue weighted by Gasteiger charge is -2.05. The molecule has 0 aliphatic carbocycles. The number of rotatable bonds is 4. The number of thiazole rings is 1. The summed E-state index contributed by atoms with van der Waals surface area (Å²) < 4.78 is 1.97. The van der Waals surface area contributed by atoms with Crippen molar-refractivity contribution in [2.75, 3.05) is 12.0 Å². The van der Waals surface area contributed by atoms with Gasteiger partial charge < -0.3 is 5.43 Å². The quantitative estimate of drug-likeness (QED) is 0.831. The average molecular weight is 207 g/mol. The molecule has 0 saturated carbocycles. The Morgan fingerprint density at radius 2 is 2.21 bits per heavy atom. The van der Waals surface area contributed by atoms with Gasteiger partial charge >= 0.3 is 0 Å². The first-order valence-electron chi connectivity index (χ1n) is 4.62. The Balaban J connectivity index is 1.81. The smallest absolute Gasteiger partial charge is 0.0797 e. The van der Waals surface area contributed by atoms with Gasteiger partial charge in [0, 0.05) is 30.2 Å². The molecule has 1 N–H and O–H groups in total. The predicted octanol–water partition coefficient (Wildman–Crippen LogP) is 2.04. The van der Waals surface area contributed by atoms with E-state index in [1.54, 1.807) is 11.3 Å². The molecule has 14 heavy (non-hydrogen) atoms. The molecule has 0 unspecified atom stereocenters. The van der Waals surface area contributed by atoms with Gasteiger partial charge in [-0.05, 0) is 19.1 Å². The molecule has 2 rings (SSSR count). The topological polar surface area (TPSA) is 29.9 Å². The van der Waals surface area contributed by atoms with Gasteiger partial charge in [0.2, 0.25) is 0 Å². The van der Waals surface area contributed by atoms with Crippen LogP contribution in [-0.2, 0) is 6.42 Å². The lowest BCUT2D eigenvalue weighted by molar-refractivity contribution is 0.829. The van der Waals surface area contributed by atoms with E-state index in [4.69, 9.17) is 0 Å². The van der Waals surface area contributed by atoms with Gasteiger partial charge in [0.15, 0.2) is 0 Å². The Labute approximate surface area is 87.4 Å². The predicted molar refractivity (Wildman–Crippen MR) is 59.2 cm³/mol. The maximum Gasteiger partial charge on any atom is 0.0797 e. The van der Waals surface area contributed by atoms with Crippen molar-refractivity contribution in [3.63, 3.8) is 0 Å². The van der Waals surface area contributed by atoms with E-state index in [-0.39, 0.29) is 0 Å². The van der Waals surface area contributed by atoms with Crippen molar-refractivity contribution in [1.82, 2.24) is 9.66 Å². The molecule has 0 radical (unpaired) electrons. The summed E-state index contributed by atoms with van der Waals surface area (Å²) in [6, 6.07) is 4.01. The Kier molecular flexibility index (Phi) is 2.84. The van der Waals surface area contributed by atoms with Gasteiger partial charge in [-0.25, -0.2) is 4.98 Å². The lowest BCUT2D eigenvalue weighted by Crippen LogP contribution is -2.15. The maximum atomic E-state index is 4.22. The summed E-state index contributed by atoms with van der Waals surface area (Å²) in [6.45, 7) is 3.00. The van der Waals surface area contributed by atoms with Crippen LogP contribution in [0.25, 0.3) is 0 Å². The van der Waals surface area contributed by atoms with E-state index in [2.05, 4.69) is 17.3 Å². The van der Waals surface area contributed by atoms with Crippen LogP contribution in [0, 0.1) is 6.92 Å². The third kappa shape index (κ3) is 2.14. The van der Waals surface area contributed by atoms with Gasteiger partial charge in [0.1, 0.15) is 0 Å². The Bertz CT molecular complexity index is 378. The van der Waals surface area contributed by atoms with Crippen molar-refractivity contribution >= 4 is 11.3 Å². The minimum absolute atomic E-state index is 0.942. The zero-order chi connectivity index (χ0) is 9.80. The fourth-order valence-corrected chi connectivity index (χ4v) is 2.09. The van der Waals surface area contributed by atoms with Crippen molar-refractivity contribution in [3.8, 4) is 0 Å². The fraction of sp³-hybridized carbons (Fsp3) is 0.300. The molecule has 2 aromatic rings. The zero-order valence-corrected chi connectivity index (χ0v) is 8.92. The summed E-state index contributed by atoms with van der Waals surface area (Å²) in [5.41, 5.74) is 6.35. The van der Waals surface area contributed by atoms with Crippen LogP contribution in [0.1, 0.15) is 10.6 Å². The van der Waals surface area contributed by atoms with Crippen LogP contribution in [0.2, 0.25) is 0 Å². The Morgan fingerprint density at radius 3 is 2.86 bits per heavy atom. The molecule has 0 spiro atoms. The maximum absolute atomic E-state index is 4.22. The SMILES string of the molecule is Cc1ncsc1CCNn1cccc1. The van der Waals surface area contributed by atoms with Crippen molar-refractivity contribution < 1.29 is 0 Å². The third-order valence-electron chi connectivity index (χ3n) is 2.10. The van der Waals surface area contributed by atoms with Gasteiger partial charge in [0.25, 0.3) is 0 Å². The largest absolute Gasteiger partial charge is 0.326 e. The van der Waals surface area contributed by atoms with Crippen LogP contribution in [0.5, 0.6) is 0 Å². The molecule has 4 heteroatoms. The average Bonchev–Trinajstić information content (AvgIpc) is 2.78. The van der Waals surface area contributed by atoms with Crippen molar-refractivity contribution in [2.24, 2.45) is 0 Å². The number of hydrogen-bond donors (Lipinski definition) is 1. The van der Waals surface area contributed by atoms with E-state index in [1.165, 1.54) is 4.88 Å². The molecule has 0 aromatic carbocycles. The third-order valence-corrected chi connectivity index (χ3v) is 3.09. The van der Waals surface area contributed by atoms with Crippen LogP contribution in [0.3, 0.4) is 0 Å². The highest BCUT2D eigenvalue weighted by Gasteiger charge is 1.99. The molecule has 0 fully saturated rings. The van der Waals surface area contributed by atoms with Gasteiger partial charge in [-0.15, -0.1) is 11.3 Å². The molecule has 0 aliphatic heterocycles. The molecule has 0 bridgehead atoms. The van der Waals surface area contributed by atoms with Crippen LogP contribution < -0.4 is 5.43 Å². The Morgan fingerprint density at radius 1 is 1.43 bits per heavy atom. The van der Waals surface area contributed by atoms with Crippen molar-refractivity contribution in [3.05, 3.63) is 40.6 Å². The lowest BCUT2D eigenvalue weighted by atomic mass is 10.3. The van der Waals surface area contributed by atoms with E-state index < -0.39 is 0 Å². The summed E-state index contributed by atoms with van der Waals surface area (Å²) >= 11 is 1.73. The summed E-state index contributed by atoms with van der Waals surface area (Å²) in [7, 11) is 0. The number of hydrogen-bond acceptors (Lipinski definition) is 3. The minimum Gasteiger partial charge on any atom is -0.326 e. The molecule has 74 valence electrons. The van der Waals surface area contributed by atoms with Crippen molar-refractivity contribution in [1.29, 1.82) is 0 Å². The zero-order valence-electron chi connectivity index (χ0n) is 8.10.